The minimum atomic E-state index is -4.32. The highest BCUT2D eigenvalue weighted by atomic mass is 32.2. The highest BCUT2D eigenvalue weighted by Gasteiger charge is 2.31. The van der Waals surface area contributed by atoms with Gasteiger partial charge in [-0.2, -0.15) is 8.42 Å². The summed E-state index contributed by atoms with van der Waals surface area (Å²) >= 11 is 0. The van der Waals surface area contributed by atoms with Crippen LogP contribution in [0.5, 0.6) is 11.5 Å². The molecule has 3 aromatic rings. The minimum absolute atomic E-state index is 0.182. The van der Waals surface area contributed by atoms with E-state index in [-0.39, 0.29) is 6.42 Å². The SMILES string of the molecule is CCc1cc(CC)c2c(c1)N(CCC(c1ccccn1)S(=O)(=O)O)c1ccccc1O2. The van der Waals surface area contributed by atoms with E-state index in [1.165, 1.54) is 11.8 Å². The normalized spacial score (nSPS) is 13.8. The molecule has 4 rings (SSSR count). The number of ether oxygens (including phenoxy) is 1. The lowest BCUT2D eigenvalue weighted by Gasteiger charge is -2.35. The van der Waals surface area contributed by atoms with Crippen molar-refractivity contribution in [2.75, 3.05) is 11.4 Å². The van der Waals surface area contributed by atoms with E-state index < -0.39 is 15.4 Å². The number of anilines is 2. The molecule has 1 atom stereocenters. The molecule has 162 valence electrons. The molecule has 7 heteroatoms. The molecule has 0 bridgehead atoms. The van der Waals surface area contributed by atoms with Gasteiger partial charge in [-0.3, -0.25) is 9.54 Å². The largest absolute Gasteiger partial charge is 0.453 e. The average molecular weight is 439 g/mol. The van der Waals surface area contributed by atoms with E-state index in [1.54, 1.807) is 18.2 Å². The van der Waals surface area contributed by atoms with Gasteiger partial charge in [0.05, 0.1) is 17.1 Å². The molecule has 1 unspecified atom stereocenters. The number of nitrogens with zero attached hydrogens (tertiary/aromatic N) is 2. The Kier molecular flexibility index (Phi) is 5.98. The molecule has 1 aliphatic rings. The van der Waals surface area contributed by atoms with Crippen LogP contribution < -0.4 is 9.64 Å². The molecule has 0 radical (unpaired) electrons. The molecule has 2 aromatic carbocycles. The van der Waals surface area contributed by atoms with Gasteiger partial charge in [-0.1, -0.05) is 38.1 Å². The number of hydrogen-bond acceptors (Lipinski definition) is 5. The van der Waals surface area contributed by atoms with Crippen molar-refractivity contribution in [3.63, 3.8) is 0 Å². The summed E-state index contributed by atoms with van der Waals surface area (Å²) in [5.41, 5.74) is 4.44. The standard InChI is InChI=1S/C24H26N2O4S/c1-3-17-15-18(4-2)24-21(16-17)26(20-10-5-6-11-22(20)30-24)14-12-23(31(27,28)29)19-9-7-8-13-25-19/h5-11,13,15-16,23H,3-4,12,14H2,1-2H3,(H,27,28,29). The third kappa shape index (κ3) is 4.29. The van der Waals surface area contributed by atoms with Gasteiger partial charge in [0.25, 0.3) is 10.1 Å². The number of para-hydroxylation sites is 2. The summed E-state index contributed by atoms with van der Waals surface area (Å²) in [7, 11) is -4.32. The number of hydrogen-bond donors (Lipinski definition) is 1. The lowest BCUT2D eigenvalue weighted by atomic mass is 10.0. The molecule has 0 amide bonds. The monoisotopic (exact) mass is 438 g/mol. The summed E-state index contributed by atoms with van der Waals surface area (Å²) < 4.78 is 40.5. The quantitative estimate of drug-likeness (QED) is 0.493. The molecule has 2 heterocycles. The van der Waals surface area contributed by atoms with Gasteiger partial charge in [-0.15, -0.1) is 0 Å². The third-order valence-electron chi connectivity index (χ3n) is 5.65. The van der Waals surface area contributed by atoms with Crippen LogP contribution in [0.25, 0.3) is 0 Å². The lowest BCUT2D eigenvalue weighted by Crippen LogP contribution is -2.26. The Hall–Kier alpha value is -2.90. The topological polar surface area (TPSA) is 79.7 Å². The van der Waals surface area contributed by atoms with Gasteiger partial charge in [0.15, 0.2) is 11.5 Å². The second kappa shape index (κ2) is 8.69. The smallest absolute Gasteiger partial charge is 0.273 e. The Bertz CT molecular complexity index is 1180. The maximum atomic E-state index is 12.2. The number of aryl methyl sites for hydroxylation is 2. The van der Waals surface area contributed by atoms with Crippen LogP contribution in [-0.4, -0.2) is 24.5 Å². The molecule has 0 fully saturated rings. The van der Waals surface area contributed by atoms with Crippen molar-refractivity contribution in [1.29, 1.82) is 0 Å². The van der Waals surface area contributed by atoms with E-state index in [4.69, 9.17) is 4.74 Å². The molecule has 0 saturated heterocycles. The number of fused-ring (bicyclic) bond motifs is 2. The van der Waals surface area contributed by atoms with Crippen LogP contribution in [-0.2, 0) is 23.0 Å². The van der Waals surface area contributed by atoms with Gasteiger partial charge in [0.1, 0.15) is 5.25 Å². The Balaban J connectivity index is 1.76. The Morgan fingerprint density at radius 2 is 1.81 bits per heavy atom. The van der Waals surface area contributed by atoms with Crippen molar-refractivity contribution in [1.82, 2.24) is 4.98 Å². The lowest BCUT2D eigenvalue weighted by molar-refractivity contribution is 0.458. The van der Waals surface area contributed by atoms with Gasteiger partial charge >= 0.3 is 0 Å². The number of rotatable bonds is 7. The second-order valence-corrected chi connectivity index (χ2v) is 9.18. The van der Waals surface area contributed by atoms with Crippen LogP contribution in [0.4, 0.5) is 11.4 Å². The maximum absolute atomic E-state index is 12.2. The van der Waals surface area contributed by atoms with Crippen LogP contribution >= 0.6 is 0 Å². The van der Waals surface area contributed by atoms with Crippen molar-refractivity contribution < 1.29 is 17.7 Å². The number of benzene rings is 2. The van der Waals surface area contributed by atoms with Crippen LogP contribution in [0.2, 0.25) is 0 Å². The van der Waals surface area contributed by atoms with Crippen LogP contribution in [0, 0.1) is 0 Å². The van der Waals surface area contributed by atoms with Gasteiger partial charge in [0.2, 0.25) is 0 Å². The molecule has 6 nitrogen and oxygen atoms in total. The van der Waals surface area contributed by atoms with Crippen molar-refractivity contribution in [2.45, 2.75) is 38.4 Å². The summed E-state index contributed by atoms with van der Waals surface area (Å²) in [5.74, 6) is 1.54. The van der Waals surface area contributed by atoms with E-state index in [0.29, 0.717) is 12.2 Å². The highest BCUT2D eigenvalue weighted by molar-refractivity contribution is 7.86. The van der Waals surface area contributed by atoms with Crippen molar-refractivity contribution in [2.24, 2.45) is 0 Å². The number of aromatic nitrogens is 1. The fourth-order valence-electron chi connectivity index (χ4n) is 4.03. The predicted octanol–water partition coefficient (Wildman–Crippen LogP) is 5.47. The minimum Gasteiger partial charge on any atom is -0.453 e. The van der Waals surface area contributed by atoms with E-state index in [0.717, 1.165) is 41.3 Å². The summed E-state index contributed by atoms with van der Waals surface area (Å²) in [5, 5.41) is -1.10. The molecule has 1 aromatic heterocycles. The Morgan fingerprint density at radius 1 is 1.03 bits per heavy atom. The molecule has 1 aliphatic heterocycles. The molecule has 31 heavy (non-hydrogen) atoms. The van der Waals surface area contributed by atoms with Gasteiger partial charge in [-0.25, -0.2) is 0 Å². The number of pyridine rings is 1. The van der Waals surface area contributed by atoms with Gasteiger partial charge in [-0.05, 0) is 60.7 Å². The first-order chi connectivity index (χ1) is 14.9. The predicted molar refractivity (Wildman–Crippen MR) is 122 cm³/mol. The Labute approximate surface area is 183 Å². The zero-order chi connectivity index (χ0) is 22.0. The summed E-state index contributed by atoms with van der Waals surface area (Å²) in [6.45, 7) is 4.59. The molecule has 0 spiro atoms. The zero-order valence-electron chi connectivity index (χ0n) is 17.7. The average Bonchev–Trinajstić information content (AvgIpc) is 2.77. The van der Waals surface area contributed by atoms with Crippen molar-refractivity contribution in [3.8, 4) is 11.5 Å². The first-order valence-corrected chi connectivity index (χ1v) is 12.0. The highest BCUT2D eigenvalue weighted by Crippen LogP contribution is 2.49. The summed E-state index contributed by atoms with van der Waals surface area (Å²) in [6.07, 6.45) is 3.43. The zero-order valence-corrected chi connectivity index (χ0v) is 18.5. The van der Waals surface area contributed by atoms with Crippen molar-refractivity contribution in [3.05, 3.63) is 77.6 Å². The van der Waals surface area contributed by atoms with E-state index in [1.807, 2.05) is 24.3 Å². The van der Waals surface area contributed by atoms with Crippen LogP contribution in [0.1, 0.15) is 42.3 Å². The fourth-order valence-corrected chi connectivity index (χ4v) is 4.88. The first-order valence-electron chi connectivity index (χ1n) is 10.5. The first kappa shape index (κ1) is 21.3. The third-order valence-corrected chi connectivity index (χ3v) is 6.84. The van der Waals surface area contributed by atoms with Crippen molar-refractivity contribution >= 4 is 21.5 Å². The second-order valence-electron chi connectivity index (χ2n) is 7.58. The Morgan fingerprint density at radius 3 is 2.48 bits per heavy atom. The van der Waals surface area contributed by atoms with Crippen LogP contribution in [0.15, 0.2) is 60.8 Å². The van der Waals surface area contributed by atoms with Gasteiger partial charge < -0.3 is 9.64 Å². The summed E-state index contributed by atoms with van der Waals surface area (Å²) in [4.78, 5) is 6.26. The molecular weight excluding hydrogens is 412 g/mol. The van der Waals surface area contributed by atoms with Gasteiger partial charge in [0, 0.05) is 12.7 Å². The molecular formula is C24H26N2O4S. The molecule has 0 aliphatic carbocycles. The fraction of sp³-hybridized carbons (Fsp3) is 0.292. The molecule has 0 saturated carbocycles. The van der Waals surface area contributed by atoms with Crippen LogP contribution in [0.3, 0.4) is 0 Å². The van der Waals surface area contributed by atoms with E-state index >= 15 is 0 Å². The van der Waals surface area contributed by atoms with E-state index in [2.05, 4.69) is 35.9 Å². The molecule has 1 N–H and O–H groups in total. The van der Waals surface area contributed by atoms with E-state index in [9.17, 15) is 13.0 Å². The summed E-state index contributed by atoms with van der Waals surface area (Å²) in [6, 6.07) is 17.1. The maximum Gasteiger partial charge on any atom is 0.273 e.